The second-order valence-electron chi connectivity index (χ2n) is 3.66. The minimum atomic E-state index is -0.317. The van der Waals surface area contributed by atoms with Crippen molar-refractivity contribution < 1.29 is 9.90 Å². The molecule has 1 aromatic carbocycles. The lowest BCUT2D eigenvalue weighted by Gasteiger charge is -2.07. The van der Waals surface area contributed by atoms with Crippen molar-refractivity contribution in [2.24, 2.45) is 0 Å². The minimum Gasteiger partial charge on any atom is -0.508 e. The molecule has 2 rings (SSSR count). The fourth-order valence-corrected chi connectivity index (χ4v) is 1.64. The molecule has 5 nitrogen and oxygen atoms in total. The summed E-state index contributed by atoms with van der Waals surface area (Å²) in [5.41, 5.74) is 1.13. The number of aromatic hydroxyl groups is 1. The van der Waals surface area contributed by atoms with Gasteiger partial charge in [-0.1, -0.05) is 0 Å². The number of carbonyl (C=O) groups is 1. The molecular weight excluding hydrogens is 254 g/mol. The number of aryl methyl sites for hydroxylation is 1. The van der Waals surface area contributed by atoms with E-state index in [0.717, 1.165) is 0 Å². The van der Waals surface area contributed by atoms with E-state index < -0.39 is 0 Å². The molecule has 1 amide bonds. The lowest BCUT2D eigenvalue weighted by molar-refractivity contribution is 0.102. The first-order valence-corrected chi connectivity index (χ1v) is 5.53. The van der Waals surface area contributed by atoms with E-state index in [1.165, 1.54) is 18.3 Å². The van der Waals surface area contributed by atoms with Gasteiger partial charge in [-0.15, -0.1) is 0 Å². The second kappa shape index (κ2) is 5.01. The smallest absolute Gasteiger partial charge is 0.257 e. The molecule has 0 unspecified atom stereocenters. The van der Waals surface area contributed by atoms with Crippen LogP contribution in [0.1, 0.15) is 15.9 Å². The molecule has 0 spiro atoms. The summed E-state index contributed by atoms with van der Waals surface area (Å²) >= 11 is 5.62. The van der Waals surface area contributed by atoms with Crippen LogP contribution in [0.25, 0.3) is 0 Å². The van der Waals surface area contributed by atoms with Gasteiger partial charge < -0.3 is 10.4 Å². The average Bonchev–Trinajstić information content (AvgIpc) is 2.28. The maximum atomic E-state index is 12.0. The largest absolute Gasteiger partial charge is 0.508 e. The van der Waals surface area contributed by atoms with Crippen LogP contribution >= 0.6 is 11.6 Å². The Kier molecular flexibility index (Phi) is 3.43. The van der Waals surface area contributed by atoms with Gasteiger partial charge in [0, 0.05) is 11.8 Å². The molecule has 0 saturated heterocycles. The van der Waals surface area contributed by atoms with Gasteiger partial charge in [0.25, 0.3) is 5.91 Å². The zero-order valence-corrected chi connectivity index (χ0v) is 10.3. The van der Waals surface area contributed by atoms with Crippen LogP contribution in [0.5, 0.6) is 5.75 Å². The molecule has 1 aromatic heterocycles. The second-order valence-corrected chi connectivity index (χ2v) is 4.00. The Bertz CT molecular complexity index is 602. The molecule has 0 atom stereocenters. The highest BCUT2D eigenvalue weighted by Gasteiger charge is 2.10. The topological polar surface area (TPSA) is 75.1 Å². The van der Waals surface area contributed by atoms with Crippen LogP contribution in [-0.4, -0.2) is 21.0 Å². The van der Waals surface area contributed by atoms with E-state index in [2.05, 4.69) is 15.3 Å². The molecule has 92 valence electrons. The maximum absolute atomic E-state index is 12.0. The highest BCUT2D eigenvalue weighted by molar-refractivity contribution is 6.28. The first-order chi connectivity index (χ1) is 8.56. The Labute approximate surface area is 108 Å². The highest BCUT2D eigenvalue weighted by atomic mass is 35.5. The number of carbonyl (C=O) groups excluding carboxylic acids is 1. The van der Waals surface area contributed by atoms with Gasteiger partial charge in [0.1, 0.15) is 11.6 Å². The Balaban J connectivity index is 2.22. The molecule has 0 saturated carbocycles. The number of phenolic OH excluding ortho intramolecular Hbond substituents is 1. The number of nitrogens with one attached hydrogen (secondary N) is 1. The van der Waals surface area contributed by atoms with Gasteiger partial charge in [0.05, 0.1) is 0 Å². The number of benzene rings is 1. The number of rotatable bonds is 2. The maximum Gasteiger partial charge on any atom is 0.257 e. The van der Waals surface area contributed by atoms with Crippen LogP contribution in [-0.2, 0) is 0 Å². The van der Waals surface area contributed by atoms with Gasteiger partial charge in [-0.3, -0.25) is 4.79 Å². The van der Waals surface area contributed by atoms with Gasteiger partial charge in [0.2, 0.25) is 5.28 Å². The summed E-state index contributed by atoms with van der Waals surface area (Å²) < 4.78 is 0. The summed E-state index contributed by atoms with van der Waals surface area (Å²) in [6, 6.07) is 6.05. The fraction of sp³-hybridized carbons (Fsp3) is 0.0833. The van der Waals surface area contributed by atoms with Gasteiger partial charge in [-0.05, 0) is 48.4 Å². The quantitative estimate of drug-likeness (QED) is 0.816. The van der Waals surface area contributed by atoms with Crippen LogP contribution in [0.4, 0.5) is 5.82 Å². The molecule has 0 bridgehead atoms. The van der Waals surface area contributed by atoms with Crippen LogP contribution in [0.3, 0.4) is 0 Å². The normalized spacial score (nSPS) is 10.1. The molecule has 1 heterocycles. The predicted molar refractivity (Wildman–Crippen MR) is 67.8 cm³/mol. The monoisotopic (exact) mass is 263 g/mol. The first-order valence-electron chi connectivity index (χ1n) is 5.16. The molecular formula is C12H10ClN3O2. The lowest BCUT2D eigenvalue weighted by atomic mass is 10.1. The number of anilines is 1. The van der Waals surface area contributed by atoms with Gasteiger partial charge in [0.15, 0.2) is 0 Å². The van der Waals surface area contributed by atoms with Crippen LogP contribution in [0, 0.1) is 6.92 Å². The number of hydrogen-bond donors (Lipinski definition) is 2. The summed E-state index contributed by atoms with van der Waals surface area (Å²) in [5.74, 6) is 0.129. The van der Waals surface area contributed by atoms with Crippen molar-refractivity contribution in [1.29, 1.82) is 0 Å². The van der Waals surface area contributed by atoms with Crippen LogP contribution in [0.15, 0.2) is 30.5 Å². The summed E-state index contributed by atoms with van der Waals surface area (Å²) in [6.07, 6.45) is 1.45. The number of nitrogens with zero attached hydrogens (tertiary/aromatic N) is 2. The van der Waals surface area contributed by atoms with Crippen molar-refractivity contribution in [3.63, 3.8) is 0 Å². The Hall–Kier alpha value is -2.14. The number of halogens is 1. The van der Waals surface area contributed by atoms with E-state index >= 15 is 0 Å². The molecule has 2 aromatic rings. The van der Waals surface area contributed by atoms with E-state index in [1.807, 2.05) is 0 Å². The third-order valence-electron chi connectivity index (χ3n) is 2.32. The zero-order chi connectivity index (χ0) is 13.1. The number of hydrogen-bond acceptors (Lipinski definition) is 4. The molecule has 0 radical (unpaired) electrons. The van der Waals surface area contributed by atoms with Crippen molar-refractivity contribution in [2.45, 2.75) is 6.92 Å². The third-order valence-corrected chi connectivity index (χ3v) is 2.50. The molecule has 18 heavy (non-hydrogen) atoms. The predicted octanol–water partition coefficient (Wildman–Crippen LogP) is 2.40. The summed E-state index contributed by atoms with van der Waals surface area (Å²) in [4.78, 5) is 19.5. The van der Waals surface area contributed by atoms with Crippen molar-refractivity contribution >= 4 is 23.3 Å². The molecule has 0 aliphatic carbocycles. The van der Waals surface area contributed by atoms with E-state index in [4.69, 9.17) is 11.6 Å². The van der Waals surface area contributed by atoms with Crippen molar-refractivity contribution in [2.75, 3.05) is 5.32 Å². The van der Waals surface area contributed by atoms with Crippen LogP contribution in [0.2, 0.25) is 5.28 Å². The van der Waals surface area contributed by atoms with E-state index in [1.54, 1.807) is 19.1 Å². The van der Waals surface area contributed by atoms with Gasteiger partial charge in [-0.2, -0.15) is 0 Å². The molecule has 2 N–H and O–H groups in total. The SMILES string of the molecule is Cc1cc(O)ccc1C(=O)Nc1ccnc(Cl)n1. The van der Waals surface area contributed by atoms with Gasteiger partial charge >= 0.3 is 0 Å². The fourth-order valence-electron chi connectivity index (χ4n) is 1.49. The van der Waals surface area contributed by atoms with Crippen molar-refractivity contribution in [3.05, 3.63) is 46.9 Å². The van der Waals surface area contributed by atoms with Crippen molar-refractivity contribution in [3.8, 4) is 5.75 Å². The molecule has 6 heteroatoms. The summed E-state index contributed by atoms with van der Waals surface area (Å²) in [5, 5.41) is 11.9. The van der Waals surface area contributed by atoms with E-state index in [0.29, 0.717) is 16.9 Å². The third kappa shape index (κ3) is 2.75. The molecule has 0 aliphatic heterocycles. The van der Waals surface area contributed by atoms with Gasteiger partial charge in [-0.25, -0.2) is 9.97 Å². The minimum absolute atomic E-state index is 0.0650. The Morgan fingerprint density at radius 2 is 2.17 bits per heavy atom. The van der Waals surface area contributed by atoms with Crippen LogP contribution < -0.4 is 5.32 Å². The summed E-state index contributed by atoms with van der Waals surface area (Å²) in [6.45, 7) is 1.74. The average molecular weight is 264 g/mol. The lowest BCUT2D eigenvalue weighted by Crippen LogP contribution is -2.14. The van der Waals surface area contributed by atoms with E-state index in [9.17, 15) is 9.90 Å². The number of phenols is 1. The first kappa shape index (κ1) is 12.3. The highest BCUT2D eigenvalue weighted by Crippen LogP contribution is 2.17. The Morgan fingerprint density at radius 3 is 2.83 bits per heavy atom. The number of aromatic nitrogens is 2. The zero-order valence-electron chi connectivity index (χ0n) is 9.51. The van der Waals surface area contributed by atoms with Crippen molar-refractivity contribution in [1.82, 2.24) is 9.97 Å². The molecule has 0 fully saturated rings. The van der Waals surface area contributed by atoms with E-state index in [-0.39, 0.29) is 16.9 Å². The standard InChI is InChI=1S/C12H10ClN3O2/c1-7-6-8(17)2-3-9(7)11(18)15-10-4-5-14-12(13)16-10/h2-6,17H,1H3,(H,14,15,16,18). The number of amides is 1. The summed E-state index contributed by atoms with van der Waals surface area (Å²) in [7, 11) is 0. The Morgan fingerprint density at radius 1 is 1.39 bits per heavy atom. The molecule has 0 aliphatic rings.